The summed E-state index contributed by atoms with van der Waals surface area (Å²) in [5, 5.41) is 0. The fourth-order valence-electron chi connectivity index (χ4n) is 3.49. The molecule has 1 saturated heterocycles. The number of hydrogen-bond acceptors (Lipinski definition) is 5. The molecule has 4 rings (SSSR count). The van der Waals surface area contributed by atoms with Crippen molar-refractivity contribution in [3.63, 3.8) is 0 Å². The van der Waals surface area contributed by atoms with E-state index in [9.17, 15) is 14.4 Å². The minimum atomic E-state index is -0.466. The second kappa shape index (κ2) is 12.5. The quantitative estimate of drug-likeness (QED) is 0.368. The van der Waals surface area contributed by atoms with E-state index in [0.29, 0.717) is 17.5 Å². The van der Waals surface area contributed by atoms with Gasteiger partial charge in [0.05, 0.1) is 13.2 Å². The highest BCUT2D eigenvalue weighted by Gasteiger charge is 2.17. The van der Waals surface area contributed by atoms with Crippen LogP contribution in [0.25, 0.3) is 0 Å². The summed E-state index contributed by atoms with van der Waals surface area (Å²) >= 11 is 0. The first-order valence-electron chi connectivity index (χ1n) is 11.2. The molecule has 33 heavy (non-hydrogen) atoms. The van der Waals surface area contributed by atoms with E-state index >= 15 is 0 Å². The highest BCUT2D eigenvalue weighted by molar-refractivity contribution is 6.49. The number of carbonyl (C=O) groups excluding carboxylic acids is 3. The Morgan fingerprint density at radius 1 is 0.697 bits per heavy atom. The van der Waals surface area contributed by atoms with Gasteiger partial charge in [0.25, 0.3) is 0 Å². The molecule has 1 aliphatic heterocycles. The molecule has 0 aliphatic carbocycles. The zero-order chi connectivity index (χ0) is 23.5. The molecule has 1 aliphatic rings. The van der Waals surface area contributed by atoms with Crippen LogP contribution in [0.15, 0.2) is 84.9 Å². The maximum absolute atomic E-state index is 11.8. The van der Waals surface area contributed by atoms with E-state index in [0.717, 1.165) is 38.3 Å². The van der Waals surface area contributed by atoms with Crippen LogP contribution in [0.2, 0.25) is 0 Å². The summed E-state index contributed by atoms with van der Waals surface area (Å²) < 4.78 is 5.32. The van der Waals surface area contributed by atoms with E-state index in [-0.39, 0.29) is 5.78 Å². The summed E-state index contributed by atoms with van der Waals surface area (Å²) in [6.45, 7) is 5.47. The van der Waals surface area contributed by atoms with Gasteiger partial charge >= 0.3 is 0 Å². The molecule has 0 radical (unpaired) electrons. The average molecular weight is 444 g/mol. The van der Waals surface area contributed by atoms with Gasteiger partial charge in [-0.05, 0) is 30.7 Å². The number of ketones is 3. The van der Waals surface area contributed by atoms with Gasteiger partial charge in [-0.25, -0.2) is 0 Å². The number of ether oxygens (including phenoxy) is 1. The Bertz CT molecular complexity index is 991. The van der Waals surface area contributed by atoms with Crippen LogP contribution < -0.4 is 4.90 Å². The van der Waals surface area contributed by atoms with Crippen molar-refractivity contribution >= 4 is 23.0 Å². The number of morpholine rings is 1. The number of rotatable bonds is 7. The lowest BCUT2D eigenvalue weighted by Crippen LogP contribution is -2.36. The first-order chi connectivity index (χ1) is 16.1. The summed E-state index contributed by atoms with van der Waals surface area (Å²) in [6, 6.07) is 25.1. The molecule has 0 spiro atoms. The standard InChI is InChI=1S/C14H19NO2.C14H10O2/c1-2-3-14(16)12-4-6-13(7-5-12)15-8-10-17-11-9-15;15-13(11-7-3-1-4-8-11)14(16)12-9-5-2-6-10-12/h4-7H,2-3,8-11H2,1H3;1-10H. The minimum Gasteiger partial charge on any atom is -0.378 e. The summed E-state index contributed by atoms with van der Waals surface area (Å²) in [7, 11) is 0. The molecule has 0 N–H and O–H groups in total. The largest absolute Gasteiger partial charge is 0.378 e. The average Bonchev–Trinajstić information content (AvgIpc) is 2.90. The van der Waals surface area contributed by atoms with E-state index in [2.05, 4.69) is 4.90 Å². The topological polar surface area (TPSA) is 63.7 Å². The van der Waals surface area contributed by atoms with Crippen LogP contribution in [0.1, 0.15) is 50.8 Å². The molecule has 0 atom stereocenters. The number of hydrogen-bond donors (Lipinski definition) is 0. The zero-order valence-electron chi connectivity index (χ0n) is 18.9. The van der Waals surface area contributed by atoms with Crippen molar-refractivity contribution in [1.29, 1.82) is 0 Å². The molecular formula is C28H29NO4. The van der Waals surface area contributed by atoms with Gasteiger partial charge in [0.2, 0.25) is 11.6 Å². The Morgan fingerprint density at radius 3 is 1.64 bits per heavy atom. The number of anilines is 1. The van der Waals surface area contributed by atoms with Gasteiger partial charge in [-0.2, -0.15) is 0 Å². The number of carbonyl (C=O) groups is 3. The highest BCUT2D eigenvalue weighted by atomic mass is 16.5. The zero-order valence-corrected chi connectivity index (χ0v) is 18.9. The van der Waals surface area contributed by atoms with Crippen LogP contribution in [0.5, 0.6) is 0 Å². The third-order valence-corrected chi connectivity index (χ3v) is 5.32. The molecule has 3 aromatic rings. The van der Waals surface area contributed by atoms with Crippen molar-refractivity contribution < 1.29 is 19.1 Å². The van der Waals surface area contributed by atoms with E-state index in [4.69, 9.17) is 4.74 Å². The maximum Gasteiger partial charge on any atom is 0.233 e. The Morgan fingerprint density at radius 2 is 1.18 bits per heavy atom. The normalized spacial score (nSPS) is 12.9. The second-order valence-corrected chi connectivity index (χ2v) is 7.71. The van der Waals surface area contributed by atoms with Crippen molar-refractivity contribution in [2.24, 2.45) is 0 Å². The smallest absolute Gasteiger partial charge is 0.233 e. The molecule has 170 valence electrons. The number of Topliss-reactive ketones (excluding diaryl/α,β-unsaturated/α-hetero) is 3. The molecule has 0 bridgehead atoms. The van der Waals surface area contributed by atoms with Crippen LogP contribution in [-0.4, -0.2) is 43.7 Å². The van der Waals surface area contributed by atoms with E-state index in [1.807, 2.05) is 43.3 Å². The van der Waals surface area contributed by atoms with Gasteiger partial charge < -0.3 is 9.64 Å². The van der Waals surface area contributed by atoms with Gasteiger partial charge in [-0.1, -0.05) is 67.6 Å². The minimum absolute atomic E-state index is 0.237. The monoisotopic (exact) mass is 443 g/mol. The van der Waals surface area contributed by atoms with Gasteiger partial charge in [-0.3, -0.25) is 14.4 Å². The van der Waals surface area contributed by atoms with Crippen molar-refractivity contribution in [1.82, 2.24) is 0 Å². The van der Waals surface area contributed by atoms with Crippen molar-refractivity contribution in [2.75, 3.05) is 31.2 Å². The first kappa shape index (κ1) is 24.1. The van der Waals surface area contributed by atoms with Crippen LogP contribution in [-0.2, 0) is 4.74 Å². The summed E-state index contributed by atoms with van der Waals surface area (Å²) in [6.07, 6.45) is 1.54. The van der Waals surface area contributed by atoms with Crippen LogP contribution in [0, 0.1) is 0 Å². The number of nitrogens with zero attached hydrogens (tertiary/aromatic N) is 1. The lowest BCUT2D eigenvalue weighted by atomic mass is 10.0. The van der Waals surface area contributed by atoms with Gasteiger partial charge in [0, 0.05) is 41.9 Å². The maximum atomic E-state index is 11.8. The fraction of sp³-hybridized carbons (Fsp3) is 0.250. The van der Waals surface area contributed by atoms with Crippen molar-refractivity contribution in [3.8, 4) is 0 Å². The third kappa shape index (κ3) is 6.96. The van der Waals surface area contributed by atoms with Crippen molar-refractivity contribution in [2.45, 2.75) is 19.8 Å². The van der Waals surface area contributed by atoms with E-state index in [1.54, 1.807) is 48.5 Å². The number of benzene rings is 3. The molecule has 5 heteroatoms. The lowest BCUT2D eigenvalue weighted by molar-refractivity contribution is 0.0817. The predicted molar refractivity (Wildman–Crippen MR) is 130 cm³/mol. The molecule has 0 saturated carbocycles. The molecule has 0 aromatic heterocycles. The fourth-order valence-corrected chi connectivity index (χ4v) is 3.49. The molecule has 0 amide bonds. The van der Waals surface area contributed by atoms with Crippen LogP contribution in [0.3, 0.4) is 0 Å². The Kier molecular flexibility index (Phi) is 9.09. The van der Waals surface area contributed by atoms with Gasteiger partial charge in [-0.15, -0.1) is 0 Å². The summed E-state index contributed by atoms with van der Waals surface area (Å²) in [4.78, 5) is 37.6. The Hall–Kier alpha value is -3.57. The van der Waals surface area contributed by atoms with E-state index < -0.39 is 11.6 Å². The molecule has 0 unspecified atom stereocenters. The molecule has 1 heterocycles. The van der Waals surface area contributed by atoms with E-state index in [1.165, 1.54) is 5.69 Å². The molecule has 3 aromatic carbocycles. The summed E-state index contributed by atoms with van der Waals surface area (Å²) in [5.74, 6) is -0.695. The van der Waals surface area contributed by atoms with Crippen LogP contribution in [0.4, 0.5) is 5.69 Å². The first-order valence-corrected chi connectivity index (χ1v) is 11.2. The van der Waals surface area contributed by atoms with Crippen molar-refractivity contribution in [3.05, 3.63) is 102 Å². The predicted octanol–water partition coefficient (Wildman–Crippen LogP) is 5.26. The summed E-state index contributed by atoms with van der Waals surface area (Å²) in [5.41, 5.74) is 2.86. The van der Waals surface area contributed by atoms with Crippen LogP contribution >= 0.6 is 0 Å². The third-order valence-electron chi connectivity index (χ3n) is 5.32. The molecular weight excluding hydrogens is 414 g/mol. The Labute approximate surface area is 195 Å². The Balaban J connectivity index is 0.000000186. The van der Waals surface area contributed by atoms with Gasteiger partial charge in [0.15, 0.2) is 5.78 Å². The SMILES string of the molecule is CCCC(=O)c1ccc(N2CCOCC2)cc1.O=C(C(=O)c1ccccc1)c1ccccc1. The highest BCUT2D eigenvalue weighted by Crippen LogP contribution is 2.17. The lowest BCUT2D eigenvalue weighted by Gasteiger charge is -2.28. The second-order valence-electron chi connectivity index (χ2n) is 7.71. The molecule has 5 nitrogen and oxygen atoms in total. The molecule has 1 fully saturated rings. The van der Waals surface area contributed by atoms with Gasteiger partial charge in [0.1, 0.15) is 0 Å².